The molecule has 178 valence electrons. The lowest BCUT2D eigenvalue weighted by Gasteiger charge is -2.09. The maximum absolute atomic E-state index is 12.4. The van der Waals surface area contributed by atoms with Gasteiger partial charge in [-0.2, -0.15) is 0 Å². The number of carboxylic acid groups (broad SMARTS) is 1. The van der Waals surface area contributed by atoms with Crippen LogP contribution in [0.3, 0.4) is 0 Å². The number of benzene rings is 3. The Balaban J connectivity index is 1.36. The lowest BCUT2D eigenvalue weighted by atomic mass is 10.0. The van der Waals surface area contributed by atoms with Crippen LogP contribution in [-0.2, 0) is 16.2 Å². The lowest BCUT2D eigenvalue weighted by Crippen LogP contribution is -2.30. The summed E-state index contributed by atoms with van der Waals surface area (Å²) in [5, 5.41) is 14.8. The van der Waals surface area contributed by atoms with Gasteiger partial charge in [-0.05, 0) is 40.5 Å². The van der Waals surface area contributed by atoms with Gasteiger partial charge >= 0.3 is 5.97 Å². The quantitative estimate of drug-likeness (QED) is 0.400. The molecule has 0 unspecified atom stereocenters. The van der Waals surface area contributed by atoms with E-state index in [4.69, 9.17) is 4.84 Å². The Kier molecular flexibility index (Phi) is 7.23. The first-order valence-corrected chi connectivity index (χ1v) is 11.1. The highest BCUT2D eigenvalue weighted by atomic mass is 16.7. The Labute approximate surface area is 202 Å². The highest BCUT2D eigenvalue weighted by molar-refractivity contribution is 6.04. The normalized spacial score (nSPS) is 14.5. The number of rotatable bonds is 8. The molecule has 2 amide bonds. The van der Waals surface area contributed by atoms with Crippen molar-refractivity contribution >= 4 is 23.5 Å². The first-order valence-electron chi connectivity index (χ1n) is 11.1. The van der Waals surface area contributed by atoms with Crippen molar-refractivity contribution in [2.75, 3.05) is 6.54 Å². The van der Waals surface area contributed by atoms with Gasteiger partial charge in [-0.1, -0.05) is 60.7 Å². The van der Waals surface area contributed by atoms with Crippen LogP contribution in [0.5, 0.6) is 0 Å². The van der Waals surface area contributed by atoms with Crippen LogP contribution in [0.2, 0.25) is 0 Å². The van der Waals surface area contributed by atoms with Crippen molar-refractivity contribution in [1.29, 1.82) is 0 Å². The summed E-state index contributed by atoms with van der Waals surface area (Å²) in [6.07, 6.45) is 1.71. The molecule has 8 nitrogen and oxygen atoms in total. The maximum Gasteiger partial charge on any atom is 0.336 e. The van der Waals surface area contributed by atoms with Gasteiger partial charge in [0.1, 0.15) is 6.10 Å². The van der Waals surface area contributed by atoms with Gasteiger partial charge in [-0.3, -0.25) is 19.9 Å². The summed E-state index contributed by atoms with van der Waals surface area (Å²) < 4.78 is 0. The standard InChI is InChI=1S/C27H25N3O5/c1-17(31)28-16-22-14-25(30-35-22)21-12-10-20(11-13-21)19-8-6-18(7-9-19)15-29-26(32)23-4-2-3-5-24(23)27(33)34/h2-14,22,30H,15-16H2,1H3,(H,28,31)(H,29,32)(H,33,34)/t22-/m1/s1. The van der Waals surface area contributed by atoms with Crippen LogP contribution in [0, 0.1) is 0 Å². The molecule has 0 aromatic heterocycles. The number of carbonyl (C=O) groups excluding carboxylic acids is 2. The monoisotopic (exact) mass is 471 g/mol. The van der Waals surface area contributed by atoms with E-state index in [9.17, 15) is 19.5 Å². The van der Waals surface area contributed by atoms with Crippen LogP contribution >= 0.6 is 0 Å². The van der Waals surface area contributed by atoms with Crippen LogP contribution in [0.1, 0.15) is 38.8 Å². The molecule has 0 bridgehead atoms. The highest BCUT2D eigenvalue weighted by Crippen LogP contribution is 2.24. The molecule has 35 heavy (non-hydrogen) atoms. The number of nitrogens with one attached hydrogen (secondary N) is 3. The summed E-state index contributed by atoms with van der Waals surface area (Å²) in [7, 11) is 0. The van der Waals surface area contributed by atoms with Gasteiger partial charge in [-0.15, -0.1) is 0 Å². The summed E-state index contributed by atoms with van der Waals surface area (Å²) >= 11 is 0. The van der Waals surface area contributed by atoms with Gasteiger partial charge in [0.15, 0.2) is 0 Å². The first kappa shape index (κ1) is 23.7. The molecule has 1 aliphatic rings. The topological polar surface area (TPSA) is 117 Å². The molecule has 4 rings (SSSR count). The van der Waals surface area contributed by atoms with E-state index in [2.05, 4.69) is 16.1 Å². The third-order valence-electron chi connectivity index (χ3n) is 5.56. The fourth-order valence-electron chi connectivity index (χ4n) is 3.70. The van der Waals surface area contributed by atoms with Crippen LogP contribution in [-0.4, -0.2) is 35.5 Å². The molecule has 0 aliphatic carbocycles. The van der Waals surface area contributed by atoms with Crippen molar-refractivity contribution in [2.45, 2.75) is 19.6 Å². The van der Waals surface area contributed by atoms with E-state index in [1.165, 1.54) is 19.1 Å². The van der Waals surface area contributed by atoms with Gasteiger partial charge < -0.3 is 15.7 Å². The van der Waals surface area contributed by atoms with Crippen molar-refractivity contribution < 1.29 is 24.3 Å². The molecule has 3 aromatic carbocycles. The van der Waals surface area contributed by atoms with Gasteiger partial charge in [-0.25, -0.2) is 4.79 Å². The van der Waals surface area contributed by atoms with Crippen LogP contribution < -0.4 is 16.1 Å². The minimum absolute atomic E-state index is 0.0258. The molecule has 0 spiro atoms. The van der Waals surface area contributed by atoms with Gasteiger partial charge in [0.2, 0.25) is 5.91 Å². The summed E-state index contributed by atoms with van der Waals surface area (Å²) in [4.78, 5) is 40.3. The van der Waals surface area contributed by atoms with Crippen LogP contribution in [0.4, 0.5) is 0 Å². The van der Waals surface area contributed by atoms with Crippen molar-refractivity contribution in [3.8, 4) is 11.1 Å². The number of carbonyl (C=O) groups is 3. The predicted molar refractivity (Wildman–Crippen MR) is 131 cm³/mol. The number of hydroxylamine groups is 1. The van der Waals surface area contributed by atoms with Gasteiger partial charge in [0, 0.05) is 13.5 Å². The van der Waals surface area contributed by atoms with Gasteiger partial charge in [0.05, 0.1) is 23.4 Å². The van der Waals surface area contributed by atoms with Crippen molar-refractivity contribution in [2.24, 2.45) is 0 Å². The Morgan fingerprint density at radius 2 is 1.46 bits per heavy atom. The zero-order valence-electron chi connectivity index (χ0n) is 19.1. The summed E-state index contributed by atoms with van der Waals surface area (Å²) in [5.41, 5.74) is 7.79. The second-order valence-corrected chi connectivity index (χ2v) is 8.08. The molecule has 0 radical (unpaired) electrons. The van der Waals surface area contributed by atoms with E-state index in [1.54, 1.807) is 12.1 Å². The molecule has 4 N–H and O–H groups in total. The fourth-order valence-corrected chi connectivity index (χ4v) is 3.70. The van der Waals surface area contributed by atoms with E-state index >= 15 is 0 Å². The highest BCUT2D eigenvalue weighted by Gasteiger charge is 2.18. The number of hydrogen-bond donors (Lipinski definition) is 4. The van der Waals surface area contributed by atoms with Crippen LogP contribution in [0.25, 0.3) is 16.8 Å². The Hall–Kier alpha value is -4.43. The summed E-state index contributed by atoms with van der Waals surface area (Å²) in [6.45, 7) is 2.16. The molecular weight excluding hydrogens is 446 g/mol. The molecule has 0 saturated heterocycles. The summed E-state index contributed by atoms with van der Waals surface area (Å²) in [5.74, 6) is -1.67. The minimum Gasteiger partial charge on any atom is -0.478 e. The molecule has 0 saturated carbocycles. The first-order chi connectivity index (χ1) is 16.9. The van der Waals surface area contributed by atoms with E-state index in [0.29, 0.717) is 6.54 Å². The predicted octanol–water partition coefficient (Wildman–Crippen LogP) is 3.36. The number of aromatic carboxylic acids is 1. The third kappa shape index (κ3) is 5.93. The minimum atomic E-state index is -1.14. The number of amides is 2. The van der Waals surface area contributed by atoms with E-state index in [0.717, 1.165) is 28.0 Å². The average molecular weight is 472 g/mol. The largest absolute Gasteiger partial charge is 0.478 e. The summed E-state index contributed by atoms with van der Waals surface area (Å²) in [6, 6.07) is 21.9. The number of hydrogen-bond acceptors (Lipinski definition) is 5. The molecule has 0 fully saturated rings. The Bertz CT molecular complexity index is 1270. The third-order valence-corrected chi connectivity index (χ3v) is 5.56. The van der Waals surface area contributed by atoms with E-state index in [-0.39, 0.29) is 29.7 Å². The second kappa shape index (κ2) is 10.7. The SMILES string of the molecule is CC(=O)NC[C@H]1C=C(c2ccc(-c3ccc(CNC(=O)c4ccccc4C(=O)O)cc3)cc2)NO1. The fraction of sp³-hybridized carbons (Fsp3) is 0.148. The molecule has 3 aromatic rings. The Morgan fingerprint density at radius 1 is 0.857 bits per heavy atom. The van der Waals surface area contributed by atoms with Crippen molar-refractivity contribution in [3.05, 3.63) is 101 Å². The van der Waals surface area contributed by atoms with Crippen LogP contribution in [0.15, 0.2) is 78.9 Å². The zero-order chi connectivity index (χ0) is 24.8. The molecular formula is C27H25N3O5. The zero-order valence-corrected chi connectivity index (χ0v) is 19.1. The van der Waals surface area contributed by atoms with Gasteiger partial charge in [0.25, 0.3) is 5.91 Å². The smallest absolute Gasteiger partial charge is 0.336 e. The second-order valence-electron chi connectivity index (χ2n) is 8.08. The van der Waals surface area contributed by atoms with Crippen molar-refractivity contribution in [3.63, 3.8) is 0 Å². The Morgan fingerprint density at radius 3 is 2.09 bits per heavy atom. The molecule has 1 aliphatic heterocycles. The molecule has 8 heteroatoms. The van der Waals surface area contributed by atoms with E-state index in [1.807, 2.05) is 54.6 Å². The van der Waals surface area contributed by atoms with Crippen molar-refractivity contribution in [1.82, 2.24) is 16.1 Å². The molecule has 1 atom stereocenters. The maximum atomic E-state index is 12.4. The van der Waals surface area contributed by atoms with E-state index < -0.39 is 11.9 Å². The average Bonchev–Trinajstić information content (AvgIpc) is 3.35. The lowest BCUT2D eigenvalue weighted by molar-refractivity contribution is -0.119. The number of carboxylic acids is 1. The molecule has 1 heterocycles.